The number of unbranched alkanes of at least 4 members (excludes halogenated alkanes) is 1. The van der Waals surface area contributed by atoms with Gasteiger partial charge in [-0.3, -0.25) is 14.9 Å². The highest BCUT2D eigenvalue weighted by atomic mass is 16.4. The van der Waals surface area contributed by atoms with E-state index in [1.165, 1.54) is 6.92 Å². The monoisotopic (exact) mass is 297 g/mol. The van der Waals surface area contributed by atoms with E-state index in [1.54, 1.807) is 6.08 Å². The number of rotatable bonds is 9. The first kappa shape index (κ1) is 17.7. The van der Waals surface area contributed by atoms with Crippen molar-refractivity contribution in [3.63, 3.8) is 0 Å². The molecule has 1 fully saturated rings. The second kappa shape index (κ2) is 8.79. The Morgan fingerprint density at radius 3 is 2.76 bits per heavy atom. The van der Waals surface area contributed by atoms with Gasteiger partial charge in [0.05, 0.1) is 6.04 Å². The molecule has 0 aromatic carbocycles. The van der Waals surface area contributed by atoms with Crippen molar-refractivity contribution in [2.45, 2.75) is 51.2 Å². The van der Waals surface area contributed by atoms with Crippen molar-refractivity contribution in [1.82, 2.24) is 16.0 Å². The van der Waals surface area contributed by atoms with Gasteiger partial charge in [-0.15, -0.1) is 6.58 Å². The van der Waals surface area contributed by atoms with E-state index < -0.39 is 12.0 Å². The van der Waals surface area contributed by atoms with Crippen LogP contribution in [0.25, 0.3) is 0 Å². The number of aliphatic carboxylic acids is 1. The number of carbonyl (C=O) groups is 2. The van der Waals surface area contributed by atoms with Gasteiger partial charge < -0.3 is 15.7 Å². The Morgan fingerprint density at radius 2 is 2.24 bits per heavy atom. The van der Waals surface area contributed by atoms with Gasteiger partial charge in [0.2, 0.25) is 5.91 Å². The van der Waals surface area contributed by atoms with E-state index in [0.717, 1.165) is 19.4 Å². The molecular weight excluding hydrogens is 270 g/mol. The van der Waals surface area contributed by atoms with Crippen molar-refractivity contribution < 1.29 is 14.7 Å². The molecule has 0 radical (unpaired) electrons. The lowest BCUT2D eigenvalue weighted by Gasteiger charge is -2.28. The summed E-state index contributed by atoms with van der Waals surface area (Å²) in [6, 6.07) is -0.835. The fourth-order valence-electron chi connectivity index (χ4n) is 2.76. The smallest absolute Gasteiger partial charge is 0.320 e. The summed E-state index contributed by atoms with van der Waals surface area (Å²) in [5.74, 6) is -0.929. The van der Waals surface area contributed by atoms with Gasteiger partial charge in [-0.2, -0.15) is 0 Å². The van der Waals surface area contributed by atoms with Crippen LogP contribution in [0.4, 0.5) is 0 Å². The minimum atomic E-state index is -0.857. The minimum absolute atomic E-state index is 0.0379. The lowest BCUT2D eigenvalue weighted by molar-refractivity contribution is -0.139. The lowest BCUT2D eigenvalue weighted by Crippen LogP contribution is -2.55. The summed E-state index contributed by atoms with van der Waals surface area (Å²) in [6.07, 6.45) is 4.47. The van der Waals surface area contributed by atoms with Gasteiger partial charge in [-0.25, -0.2) is 0 Å². The van der Waals surface area contributed by atoms with E-state index in [2.05, 4.69) is 29.5 Å². The Kier molecular flexibility index (Phi) is 7.39. The summed E-state index contributed by atoms with van der Waals surface area (Å²) in [7, 11) is 0. The third-order valence-electron chi connectivity index (χ3n) is 3.86. The molecule has 0 aliphatic carbocycles. The van der Waals surface area contributed by atoms with E-state index >= 15 is 0 Å². The molecule has 1 rings (SSSR count). The van der Waals surface area contributed by atoms with E-state index in [4.69, 9.17) is 5.11 Å². The first-order valence-corrected chi connectivity index (χ1v) is 7.58. The zero-order valence-electron chi connectivity index (χ0n) is 12.9. The lowest BCUT2D eigenvalue weighted by atomic mass is 9.93. The van der Waals surface area contributed by atoms with Crippen LogP contribution in [0.2, 0.25) is 0 Å². The molecule has 0 spiro atoms. The summed E-state index contributed by atoms with van der Waals surface area (Å²) in [4.78, 5) is 22.6. The van der Waals surface area contributed by atoms with Crippen LogP contribution in [0.1, 0.15) is 33.1 Å². The summed E-state index contributed by atoms with van der Waals surface area (Å²) < 4.78 is 0. The molecule has 1 saturated heterocycles. The SMILES string of the molecule is C=C[C@@H]1C[C@H](C(=O)O)NC1[C@H](CNCCCC)NC(C)=O. The Labute approximate surface area is 126 Å². The maximum absolute atomic E-state index is 11.4. The van der Waals surface area contributed by atoms with Crippen LogP contribution in [0.3, 0.4) is 0 Å². The van der Waals surface area contributed by atoms with Crippen molar-refractivity contribution in [1.29, 1.82) is 0 Å². The molecule has 4 N–H and O–H groups in total. The fourth-order valence-corrected chi connectivity index (χ4v) is 2.76. The quantitative estimate of drug-likeness (QED) is 0.367. The average Bonchev–Trinajstić information content (AvgIpc) is 2.86. The number of hydrogen-bond acceptors (Lipinski definition) is 4. The van der Waals surface area contributed by atoms with Gasteiger partial charge >= 0.3 is 5.97 Å². The van der Waals surface area contributed by atoms with Crippen LogP contribution in [-0.2, 0) is 9.59 Å². The van der Waals surface area contributed by atoms with E-state index in [1.807, 2.05) is 0 Å². The van der Waals surface area contributed by atoms with Gasteiger partial charge in [0.1, 0.15) is 6.04 Å². The summed E-state index contributed by atoms with van der Waals surface area (Å²) in [5.41, 5.74) is 0. The van der Waals surface area contributed by atoms with Gasteiger partial charge in [-0.1, -0.05) is 19.4 Å². The zero-order chi connectivity index (χ0) is 15.8. The van der Waals surface area contributed by atoms with Crippen LogP contribution in [0, 0.1) is 5.92 Å². The molecule has 4 atom stereocenters. The standard InChI is InChI=1S/C15H27N3O3/c1-4-6-7-16-9-13(17-10(3)19)14-11(5-2)8-12(18-14)15(20)21/h5,11-14,16,18H,2,4,6-9H2,1,3H3,(H,17,19)(H,20,21)/t11-,12-,13+,14?/m1/s1. The van der Waals surface area contributed by atoms with Crippen LogP contribution in [0.5, 0.6) is 0 Å². The molecule has 21 heavy (non-hydrogen) atoms. The topological polar surface area (TPSA) is 90.5 Å². The largest absolute Gasteiger partial charge is 0.480 e. The van der Waals surface area contributed by atoms with Crippen LogP contribution >= 0.6 is 0 Å². The normalized spacial score (nSPS) is 26.3. The molecule has 1 aliphatic heterocycles. The molecule has 6 heteroatoms. The summed E-state index contributed by atoms with van der Waals surface area (Å²) >= 11 is 0. The molecule has 120 valence electrons. The Balaban J connectivity index is 2.68. The average molecular weight is 297 g/mol. The van der Waals surface area contributed by atoms with Crippen LogP contribution in [0.15, 0.2) is 12.7 Å². The maximum Gasteiger partial charge on any atom is 0.320 e. The van der Waals surface area contributed by atoms with Crippen molar-refractivity contribution in [2.24, 2.45) is 5.92 Å². The van der Waals surface area contributed by atoms with E-state index in [9.17, 15) is 9.59 Å². The molecule has 0 saturated carbocycles. The molecule has 0 aromatic heterocycles. The van der Waals surface area contributed by atoms with Gasteiger partial charge in [0.15, 0.2) is 0 Å². The molecular formula is C15H27N3O3. The molecule has 0 bridgehead atoms. The Morgan fingerprint density at radius 1 is 1.52 bits per heavy atom. The third-order valence-corrected chi connectivity index (χ3v) is 3.86. The van der Waals surface area contributed by atoms with Crippen molar-refractivity contribution in [3.8, 4) is 0 Å². The predicted molar refractivity (Wildman–Crippen MR) is 82.0 cm³/mol. The summed E-state index contributed by atoms with van der Waals surface area (Å²) in [5, 5.41) is 18.5. The van der Waals surface area contributed by atoms with Crippen LogP contribution in [-0.4, -0.2) is 48.2 Å². The Bertz CT molecular complexity index is 373. The number of carbonyl (C=O) groups excluding carboxylic acids is 1. The Hall–Kier alpha value is -1.40. The first-order valence-electron chi connectivity index (χ1n) is 7.58. The number of carboxylic acid groups (broad SMARTS) is 1. The first-order chi connectivity index (χ1) is 9.99. The second-order valence-electron chi connectivity index (χ2n) is 5.58. The number of hydrogen-bond donors (Lipinski definition) is 4. The van der Waals surface area contributed by atoms with Crippen molar-refractivity contribution in [2.75, 3.05) is 13.1 Å². The van der Waals surface area contributed by atoms with Crippen LogP contribution < -0.4 is 16.0 Å². The zero-order valence-corrected chi connectivity index (χ0v) is 12.9. The highest BCUT2D eigenvalue weighted by Crippen LogP contribution is 2.24. The van der Waals surface area contributed by atoms with Crippen molar-refractivity contribution >= 4 is 11.9 Å². The second-order valence-corrected chi connectivity index (χ2v) is 5.58. The maximum atomic E-state index is 11.4. The van der Waals surface area contributed by atoms with Gasteiger partial charge in [0, 0.05) is 19.5 Å². The third kappa shape index (κ3) is 5.47. The summed E-state index contributed by atoms with van der Waals surface area (Å²) in [6.45, 7) is 8.90. The number of amides is 1. The minimum Gasteiger partial charge on any atom is -0.480 e. The number of nitrogens with one attached hydrogen (secondary N) is 3. The molecule has 1 heterocycles. The number of carboxylic acids is 1. The highest BCUT2D eigenvalue weighted by Gasteiger charge is 2.39. The van der Waals surface area contributed by atoms with E-state index in [0.29, 0.717) is 13.0 Å². The van der Waals surface area contributed by atoms with Gasteiger partial charge in [0.25, 0.3) is 0 Å². The van der Waals surface area contributed by atoms with Crippen molar-refractivity contribution in [3.05, 3.63) is 12.7 Å². The molecule has 1 unspecified atom stereocenters. The predicted octanol–water partition coefficient (Wildman–Crippen LogP) is 0.498. The van der Waals surface area contributed by atoms with Gasteiger partial charge in [-0.05, 0) is 25.3 Å². The fraction of sp³-hybridized carbons (Fsp3) is 0.733. The molecule has 1 aliphatic rings. The highest BCUT2D eigenvalue weighted by molar-refractivity contribution is 5.75. The molecule has 0 aromatic rings. The molecule has 1 amide bonds. The molecule has 6 nitrogen and oxygen atoms in total. The van der Waals surface area contributed by atoms with E-state index in [-0.39, 0.29) is 23.9 Å².